The van der Waals surface area contributed by atoms with Gasteiger partial charge in [0.05, 0.1) is 12.6 Å². The molecular weight excluding hydrogens is 418 g/mol. The lowest BCUT2D eigenvalue weighted by Crippen LogP contribution is -2.44. The van der Waals surface area contributed by atoms with Crippen molar-refractivity contribution < 1.29 is 4.74 Å². The van der Waals surface area contributed by atoms with Gasteiger partial charge in [-0.05, 0) is 74.2 Å². The van der Waals surface area contributed by atoms with E-state index < -0.39 is 0 Å². The van der Waals surface area contributed by atoms with E-state index in [4.69, 9.17) is 17.0 Å². The molecule has 168 valence electrons. The Kier molecular flexibility index (Phi) is 7.22. The Hall–Kier alpha value is -2.70. The van der Waals surface area contributed by atoms with Gasteiger partial charge < -0.3 is 19.9 Å². The van der Waals surface area contributed by atoms with Crippen LogP contribution in [0.3, 0.4) is 0 Å². The van der Waals surface area contributed by atoms with E-state index >= 15 is 0 Å². The van der Waals surface area contributed by atoms with Crippen LogP contribution in [-0.4, -0.2) is 40.8 Å². The van der Waals surface area contributed by atoms with Crippen LogP contribution in [0.25, 0.3) is 10.9 Å². The lowest BCUT2D eigenvalue weighted by Gasteiger charge is -2.28. The fourth-order valence-electron chi connectivity index (χ4n) is 4.36. The van der Waals surface area contributed by atoms with Gasteiger partial charge in [0.1, 0.15) is 0 Å². The van der Waals surface area contributed by atoms with Crippen molar-refractivity contribution in [2.24, 2.45) is 0 Å². The summed E-state index contributed by atoms with van der Waals surface area (Å²) in [6, 6.07) is 16.5. The van der Waals surface area contributed by atoms with Crippen LogP contribution in [0, 0.1) is 13.8 Å². The fourth-order valence-corrected chi connectivity index (χ4v) is 4.60. The summed E-state index contributed by atoms with van der Waals surface area (Å²) >= 11 is 5.75. The van der Waals surface area contributed by atoms with Gasteiger partial charge in [-0.25, -0.2) is 0 Å². The van der Waals surface area contributed by atoms with Crippen LogP contribution >= 0.6 is 12.2 Å². The molecule has 2 N–H and O–H groups in total. The highest BCUT2D eigenvalue weighted by Crippen LogP contribution is 2.20. The van der Waals surface area contributed by atoms with E-state index in [2.05, 4.69) is 40.3 Å². The first-order valence-electron chi connectivity index (χ1n) is 11.3. The third-order valence-corrected chi connectivity index (χ3v) is 6.42. The summed E-state index contributed by atoms with van der Waals surface area (Å²) in [7, 11) is 0. The van der Waals surface area contributed by atoms with Crippen molar-refractivity contribution in [1.82, 2.24) is 15.2 Å². The quantitative estimate of drug-likeness (QED) is 0.529. The number of nitrogens with zero attached hydrogens (tertiary/aromatic N) is 1. The van der Waals surface area contributed by atoms with Gasteiger partial charge in [0, 0.05) is 36.2 Å². The highest BCUT2D eigenvalue weighted by atomic mass is 32.1. The monoisotopic (exact) mass is 449 g/mol. The van der Waals surface area contributed by atoms with Gasteiger partial charge >= 0.3 is 0 Å². The molecule has 3 aromatic rings. The molecule has 0 bridgehead atoms. The molecule has 0 radical (unpaired) electrons. The van der Waals surface area contributed by atoms with Gasteiger partial charge in [-0.1, -0.05) is 36.4 Å². The Morgan fingerprint density at radius 3 is 2.78 bits per heavy atom. The van der Waals surface area contributed by atoms with Crippen molar-refractivity contribution >= 4 is 28.2 Å². The maximum Gasteiger partial charge on any atom is 0.253 e. The number of hydrogen-bond donors (Lipinski definition) is 2. The number of rotatable bonds is 7. The second-order valence-corrected chi connectivity index (χ2v) is 9.04. The highest BCUT2D eigenvalue weighted by molar-refractivity contribution is 7.80. The summed E-state index contributed by atoms with van der Waals surface area (Å²) in [6.07, 6.45) is 3.13. The van der Waals surface area contributed by atoms with Crippen LogP contribution in [-0.2, 0) is 17.7 Å². The van der Waals surface area contributed by atoms with Gasteiger partial charge in [0.25, 0.3) is 5.56 Å². The van der Waals surface area contributed by atoms with E-state index in [9.17, 15) is 4.79 Å². The molecule has 6 heteroatoms. The van der Waals surface area contributed by atoms with E-state index in [1.807, 2.05) is 37.3 Å². The Labute approximate surface area is 194 Å². The van der Waals surface area contributed by atoms with Crippen molar-refractivity contribution in [2.45, 2.75) is 45.8 Å². The molecule has 1 aliphatic rings. The van der Waals surface area contributed by atoms with Gasteiger partial charge in [-0.3, -0.25) is 4.79 Å². The third-order valence-electron chi connectivity index (χ3n) is 6.02. The Bertz CT molecular complexity index is 1140. The minimum absolute atomic E-state index is 0.0630. The smallest absolute Gasteiger partial charge is 0.253 e. The zero-order valence-electron chi connectivity index (χ0n) is 18.8. The molecule has 1 fully saturated rings. The third kappa shape index (κ3) is 5.56. The number of pyridine rings is 1. The predicted octanol–water partition coefficient (Wildman–Crippen LogP) is 4.24. The maximum absolute atomic E-state index is 12.9. The number of H-pyrrole nitrogens is 1. The minimum atomic E-state index is -0.0630. The molecule has 0 spiro atoms. The number of nitrogens with one attached hydrogen (secondary N) is 2. The summed E-state index contributed by atoms with van der Waals surface area (Å²) in [5.74, 6) is 0. The average molecular weight is 450 g/mol. The van der Waals surface area contributed by atoms with Crippen molar-refractivity contribution in [2.75, 3.05) is 19.7 Å². The SMILES string of the molecule is Cc1cc(C)c2cc(CN(CC3CCCO3)C(=S)NCCc3ccccc3)c(=O)[nH]c2c1. The van der Waals surface area contributed by atoms with E-state index in [-0.39, 0.29) is 11.7 Å². The molecule has 1 unspecified atom stereocenters. The standard InChI is InChI=1S/C26H31N3O2S/c1-18-13-19(2)23-15-21(25(30)28-24(23)14-18)16-29(17-22-9-6-12-31-22)26(32)27-11-10-20-7-4-3-5-8-20/h3-5,7-8,13-15,22H,6,9-12,16-17H2,1-2H3,(H,27,32)(H,28,30). The van der Waals surface area contributed by atoms with Crippen LogP contribution < -0.4 is 10.9 Å². The molecule has 0 amide bonds. The zero-order valence-corrected chi connectivity index (χ0v) is 19.6. The second kappa shape index (κ2) is 10.3. The number of hydrogen-bond acceptors (Lipinski definition) is 3. The number of aryl methyl sites for hydroxylation is 2. The Morgan fingerprint density at radius 1 is 1.22 bits per heavy atom. The number of thiocarbonyl (C=S) groups is 1. The average Bonchev–Trinajstić information content (AvgIpc) is 3.28. The molecule has 4 rings (SSSR count). The number of ether oxygens (including phenoxy) is 1. The summed E-state index contributed by atoms with van der Waals surface area (Å²) < 4.78 is 5.86. The van der Waals surface area contributed by atoms with Crippen LogP contribution in [0.4, 0.5) is 0 Å². The summed E-state index contributed by atoms with van der Waals surface area (Å²) in [4.78, 5) is 18.0. The topological polar surface area (TPSA) is 57.4 Å². The van der Waals surface area contributed by atoms with E-state index in [0.29, 0.717) is 18.2 Å². The molecule has 0 saturated carbocycles. The van der Waals surface area contributed by atoms with Gasteiger partial charge in [-0.15, -0.1) is 0 Å². The van der Waals surface area contributed by atoms with Crippen molar-refractivity contribution in [1.29, 1.82) is 0 Å². The highest BCUT2D eigenvalue weighted by Gasteiger charge is 2.22. The first-order chi connectivity index (χ1) is 15.5. The molecule has 32 heavy (non-hydrogen) atoms. The number of benzene rings is 2. The van der Waals surface area contributed by atoms with Crippen LogP contribution in [0.1, 0.15) is 35.1 Å². The van der Waals surface area contributed by atoms with Gasteiger partial charge in [0.2, 0.25) is 0 Å². The number of aromatic nitrogens is 1. The van der Waals surface area contributed by atoms with Crippen molar-refractivity contribution in [3.05, 3.63) is 81.1 Å². The summed E-state index contributed by atoms with van der Waals surface area (Å²) in [5, 5.41) is 5.13. The van der Waals surface area contributed by atoms with Crippen molar-refractivity contribution in [3.8, 4) is 0 Å². The van der Waals surface area contributed by atoms with Crippen LogP contribution in [0.2, 0.25) is 0 Å². The molecule has 2 heterocycles. The molecule has 1 aliphatic heterocycles. The van der Waals surface area contributed by atoms with Gasteiger partial charge in [0.15, 0.2) is 5.11 Å². The molecule has 0 aliphatic carbocycles. The van der Waals surface area contributed by atoms with Crippen LogP contribution in [0.15, 0.2) is 53.3 Å². The first-order valence-corrected chi connectivity index (χ1v) is 11.7. The minimum Gasteiger partial charge on any atom is -0.376 e. The number of aromatic amines is 1. The predicted molar refractivity (Wildman–Crippen MR) is 134 cm³/mol. The molecule has 1 aromatic heterocycles. The Balaban J connectivity index is 1.51. The summed E-state index contributed by atoms with van der Waals surface area (Å²) in [5.41, 5.74) is 5.10. The van der Waals surface area contributed by atoms with E-state index in [0.717, 1.165) is 60.0 Å². The summed E-state index contributed by atoms with van der Waals surface area (Å²) in [6.45, 7) is 6.80. The van der Waals surface area contributed by atoms with Crippen LogP contribution in [0.5, 0.6) is 0 Å². The van der Waals surface area contributed by atoms with E-state index in [1.54, 1.807) is 0 Å². The lowest BCUT2D eigenvalue weighted by molar-refractivity contribution is 0.0897. The zero-order chi connectivity index (χ0) is 22.5. The van der Waals surface area contributed by atoms with Crippen molar-refractivity contribution in [3.63, 3.8) is 0 Å². The second-order valence-electron chi connectivity index (χ2n) is 8.65. The normalized spacial score (nSPS) is 15.8. The first kappa shape index (κ1) is 22.5. The number of fused-ring (bicyclic) bond motifs is 1. The Morgan fingerprint density at radius 2 is 2.03 bits per heavy atom. The largest absolute Gasteiger partial charge is 0.376 e. The lowest BCUT2D eigenvalue weighted by atomic mass is 10.0. The molecule has 1 saturated heterocycles. The van der Waals surface area contributed by atoms with E-state index in [1.165, 1.54) is 5.56 Å². The molecular formula is C26H31N3O2S. The molecule has 5 nitrogen and oxygen atoms in total. The fraction of sp³-hybridized carbons (Fsp3) is 0.385. The molecule has 2 aromatic carbocycles. The maximum atomic E-state index is 12.9. The van der Waals surface area contributed by atoms with Gasteiger partial charge in [-0.2, -0.15) is 0 Å². The molecule has 1 atom stereocenters.